The second-order valence-electron chi connectivity index (χ2n) is 6.06. The molecule has 2 atom stereocenters. The normalized spacial score (nSPS) is 23.4. The Labute approximate surface area is 118 Å². The van der Waals surface area contributed by atoms with Crippen LogP contribution < -0.4 is 5.73 Å². The molecule has 0 bridgehead atoms. The van der Waals surface area contributed by atoms with Crippen molar-refractivity contribution in [3.63, 3.8) is 0 Å². The molecule has 1 aromatic carbocycles. The molecule has 2 aliphatic rings. The topological polar surface area (TPSA) is 64.9 Å². The largest absolute Gasteiger partial charge is 0.339 e. The van der Waals surface area contributed by atoms with E-state index in [0.29, 0.717) is 17.7 Å². The summed E-state index contributed by atoms with van der Waals surface area (Å²) in [6.07, 6.45) is 5.56. The van der Waals surface area contributed by atoms with Crippen LogP contribution in [0.5, 0.6) is 0 Å². The van der Waals surface area contributed by atoms with E-state index in [0.717, 1.165) is 25.2 Å². The molecule has 4 nitrogen and oxygen atoms in total. The first-order valence-corrected chi connectivity index (χ1v) is 7.47. The second-order valence-corrected chi connectivity index (χ2v) is 6.06. The van der Waals surface area contributed by atoms with E-state index < -0.39 is 0 Å². The number of hydrogen-bond donors (Lipinski definition) is 1. The molecule has 1 aromatic heterocycles. The Morgan fingerprint density at radius 2 is 1.95 bits per heavy atom. The zero-order chi connectivity index (χ0) is 13.5. The van der Waals surface area contributed by atoms with Gasteiger partial charge >= 0.3 is 0 Å². The lowest BCUT2D eigenvalue weighted by molar-refractivity contribution is 0.334. The van der Waals surface area contributed by atoms with E-state index in [2.05, 4.69) is 34.4 Å². The summed E-state index contributed by atoms with van der Waals surface area (Å²) in [6, 6.07) is 8.59. The zero-order valence-electron chi connectivity index (χ0n) is 11.5. The van der Waals surface area contributed by atoms with E-state index in [4.69, 9.17) is 10.3 Å². The van der Waals surface area contributed by atoms with Crippen LogP contribution in [0.2, 0.25) is 0 Å². The highest BCUT2D eigenvalue weighted by atomic mass is 16.5. The smallest absolute Gasteiger partial charge is 0.230 e. The van der Waals surface area contributed by atoms with Gasteiger partial charge in [-0.05, 0) is 49.1 Å². The third-order valence-electron chi connectivity index (χ3n) is 4.58. The van der Waals surface area contributed by atoms with Gasteiger partial charge in [-0.3, -0.25) is 0 Å². The van der Waals surface area contributed by atoms with Crippen LogP contribution >= 0.6 is 0 Å². The van der Waals surface area contributed by atoms with Gasteiger partial charge in [0, 0.05) is 5.92 Å². The monoisotopic (exact) mass is 269 g/mol. The van der Waals surface area contributed by atoms with Gasteiger partial charge in [0.15, 0.2) is 5.82 Å². The van der Waals surface area contributed by atoms with Crippen LogP contribution in [0.4, 0.5) is 0 Å². The summed E-state index contributed by atoms with van der Waals surface area (Å²) in [4.78, 5) is 4.57. The van der Waals surface area contributed by atoms with E-state index in [1.807, 2.05) is 0 Å². The first kappa shape index (κ1) is 12.1. The molecule has 0 aliphatic heterocycles. The Balaban J connectivity index is 1.54. The molecule has 2 unspecified atom stereocenters. The summed E-state index contributed by atoms with van der Waals surface area (Å²) in [5.74, 6) is 2.37. The Morgan fingerprint density at radius 3 is 2.75 bits per heavy atom. The fourth-order valence-electron chi connectivity index (χ4n) is 3.12. The number of hydrogen-bond acceptors (Lipinski definition) is 4. The highest BCUT2D eigenvalue weighted by molar-refractivity contribution is 5.31. The summed E-state index contributed by atoms with van der Waals surface area (Å²) >= 11 is 0. The molecule has 2 N–H and O–H groups in total. The van der Waals surface area contributed by atoms with Crippen molar-refractivity contribution >= 4 is 0 Å². The number of nitrogens with zero attached hydrogens (tertiary/aromatic N) is 2. The molecular formula is C16H19N3O. The zero-order valence-corrected chi connectivity index (χ0v) is 11.5. The van der Waals surface area contributed by atoms with Crippen LogP contribution in [-0.4, -0.2) is 10.1 Å². The van der Waals surface area contributed by atoms with Crippen molar-refractivity contribution in [1.29, 1.82) is 0 Å². The quantitative estimate of drug-likeness (QED) is 0.930. The minimum absolute atomic E-state index is 0.0385. The first-order valence-electron chi connectivity index (χ1n) is 7.47. The van der Waals surface area contributed by atoms with Crippen molar-refractivity contribution in [2.24, 2.45) is 11.7 Å². The minimum atomic E-state index is -0.0385. The van der Waals surface area contributed by atoms with E-state index >= 15 is 0 Å². The first-order chi connectivity index (χ1) is 9.81. The fraction of sp³-hybridized carbons (Fsp3) is 0.500. The van der Waals surface area contributed by atoms with E-state index in [1.165, 1.54) is 24.0 Å². The SMILES string of the molecule is NC(c1noc(C2CCc3ccccc3C2)n1)C1CC1. The van der Waals surface area contributed by atoms with E-state index in [-0.39, 0.29) is 6.04 Å². The minimum Gasteiger partial charge on any atom is -0.339 e. The Kier molecular flexibility index (Phi) is 2.84. The van der Waals surface area contributed by atoms with E-state index in [1.54, 1.807) is 0 Å². The molecule has 0 amide bonds. The summed E-state index contributed by atoms with van der Waals surface area (Å²) in [5, 5.41) is 4.10. The number of aromatic nitrogens is 2. The van der Waals surface area contributed by atoms with Crippen LogP contribution in [0, 0.1) is 5.92 Å². The van der Waals surface area contributed by atoms with Gasteiger partial charge in [0.2, 0.25) is 5.89 Å². The maximum Gasteiger partial charge on any atom is 0.230 e. The average molecular weight is 269 g/mol. The van der Waals surface area contributed by atoms with Gasteiger partial charge in [0.25, 0.3) is 0 Å². The molecule has 4 rings (SSSR count). The molecule has 1 saturated carbocycles. The number of aryl methyl sites for hydroxylation is 1. The summed E-state index contributed by atoms with van der Waals surface area (Å²) in [7, 11) is 0. The van der Waals surface area contributed by atoms with Crippen LogP contribution in [0.15, 0.2) is 28.8 Å². The van der Waals surface area contributed by atoms with Crippen molar-refractivity contribution in [3.8, 4) is 0 Å². The molecule has 4 heteroatoms. The fourth-order valence-corrected chi connectivity index (χ4v) is 3.12. The molecular weight excluding hydrogens is 250 g/mol. The lowest BCUT2D eigenvalue weighted by atomic mass is 9.84. The number of fused-ring (bicyclic) bond motifs is 1. The van der Waals surface area contributed by atoms with Gasteiger partial charge in [0.1, 0.15) is 0 Å². The summed E-state index contributed by atoms with van der Waals surface area (Å²) in [5.41, 5.74) is 9.00. The number of rotatable bonds is 3. The van der Waals surface area contributed by atoms with Crippen LogP contribution in [0.1, 0.15) is 54.1 Å². The third kappa shape index (κ3) is 2.14. The molecule has 1 fully saturated rings. The third-order valence-corrected chi connectivity index (χ3v) is 4.58. The van der Waals surface area contributed by atoms with Crippen molar-refractivity contribution in [1.82, 2.24) is 10.1 Å². The Morgan fingerprint density at radius 1 is 1.15 bits per heavy atom. The Bertz CT molecular complexity index is 618. The maximum absolute atomic E-state index is 6.13. The molecule has 104 valence electrons. The van der Waals surface area contributed by atoms with Gasteiger partial charge in [-0.2, -0.15) is 4.98 Å². The Hall–Kier alpha value is -1.68. The second kappa shape index (κ2) is 4.70. The van der Waals surface area contributed by atoms with Crippen molar-refractivity contribution in [3.05, 3.63) is 47.1 Å². The molecule has 1 heterocycles. The summed E-state index contributed by atoms with van der Waals surface area (Å²) in [6.45, 7) is 0. The molecule has 2 aromatic rings. The van der Waals surface area contributed by atoms with Gasteiger partial charge < -0.3 is 10.3 Å². The molecule has 0 spiro atoms. The lowest BCUT2D eigenvalue weighted by Gasteiger charge is -2.21. The highest BCUT2D eigenvalue weighted by Crippen LogP contribution is 2.39. The maximum atomic E-state index is 6.13. The van der Waals surface area contributed by atoms with Gasteiger partial charge in [0.05, 0.1) is 6.04 Å². The predicted molar refractivity (Wildman–Crippen MR) is 75.2 cm³/mol. The van der Waals surface area contributed by atoms with E-state index in [9.17, 15) is 0 Å². The molecule has 2 aliphatic carbocycles. The number of nitrogens with two attached hydrogens (primary N) is 1. The molecule has 0 radical (unpaired) electrons. The summed E-state index contributed by atoms with van der Waals surface area (Å²) < 4.78 is 5.48. The number of benzene rings is 1. The van der Waals surface area contributed by atoms with Crippen LogP contribution in [-0.2, 0) is 12.8 Å². The highest BCUT2D eigenvalue weighted by Gasteiger charge is 2.33. The van der Waals surface area contributed by atoms with Crippen LogP contribution in [0.3, 0.4) is 0 Å². The standard InChI is InChI=1S/C16H19N3O/c17-14(11-6-7-11)15-18-16(20-19-15)13-8-5-10-3-1-2-4-12(10)9-13/h1-4,11,13-14H,5-9,17H2. The van der Waals surface area contributed by atoms with Crippen molar-refractivity contribution in [2.75, 3.05) is 0 Å². The van der Waals surface area contributed by atoms with Gasteiger partial charge in [-0.1, -0.05) is 29.4 Å². The van der Waals surface area contributed by atoms with Gasteiger partial charge in [-0.15, -0.1) is 0 Å². The van der Waals surface area contributed by atoms with Crippen LogP contribution in [0.25, 0.3) is 0 Å². The van der Waals surface area contributed by atoms with Crippen molar-refractivity contribution < 1.29 is 4.52 Å². The molecule has 0 saturated heterocycles. The van der Waals surface area contributed by atoms with Gasteiger partial charge in [-0.25, -0.2) is 0 Å². The van der Waals surface area contributed by atoms with Crippen molar-refractivity contribution in [2.45, 2.75) is 44.1 Å². The molecule has 20 heavy (non-hydrogen) atoms. The lowest BCUT2D eigenvalue weighted by Crippen LogP contribution is -2.15. The average Bonchev–Trinajstić information content (AvgIpc) is 3.23. The predicted octanol–water partition coefficient (Wildman–Crippen LogP) is 2.75.